The van der Waals surface area contributed by atoms with Gasteiger partial charge in [0.05, 0.1) is 7.11 Å². The van der Waals surface area contributed by atoms with E-state index in [0.29, 0.717) is 6.04 Å². The van der Waals surface area contributed by atoms with Gasteiger partial charge in [-0.3, -0.25) is 0 Å². The Hall–Kier alpha value is -1.06. The van der Waals surface area contributed by atoms with Crippen molar-refractivity contribution in [3.8, 4) is 5.75 Å². The Bertz CT molecular complexity index is 417. The monoisotopic (exact) mass is 248 g/mol. The van der Waals surface area contributed by atoms with Crippen molar-refractivity contribution in [2.75, 3.05) is 33.8 Å². The van der Waals surface area contributed by atoms with Crippen molar-refractivity contribution in [1.82, 2.24) is 10.2 Å². The molecule has 0 aromatic heterocycles. The Balaban J connectivity index is 2.22. The molecule has 0 saturated carbocycles. The van der Waals surface area contributed by atoms with Gasteiger partial charge < -0.3 is 15.0 Å². The van der Waals surface area contributed by atoms with Gasteiger partial charge in [-0.25, -0.2) is 0 Å². The van der Waals surface area contributed by atoms with E-state index in [9.17, 15) is 0 Å². The van der Waals surface area contributed by atoms with Crippen LogP contribution < -0.4 is 10.1 Å². The maximum Gasteiger partial charge on any atom is 0.122 e. The van der Waals surface area contributed by atoms with Crippen LogP contribution in [0.15, 0.2) is 12.1 Å². The van der Waals surface area contributed by atoms with Crippen LogP contribution in [0.1, 0.15) is 16.7 Å². The van der Waals surface area contributed by atoms with Crippen LogP contribution in [0.3, 0.4) is 0 Å². The summed E-state index contributed by atoms with van der Waals surface area (Å²) in [6, 6.07) is 4.95. The van der Waals surface area contributed by atoms with Crippen LogP contribution in [0.2, 0.25) is 0 Å². The summed E-state index contributed by atoms with van der Waals surface area (Å²) in [7, 11) is 3.97. The Morgan fingerprint density at radius 3 is 2.83 bits per heavy atom. The van der Waals surface area contributed by atoms with Crippen molar-refractivity contribution < 1.29 is 4.74 Å². The Labute approximate surface area is 110 Å². The van der Waals surface area contributed by atoms with Gasteiger partial charge in [0.2, 0.25) is 0 Å². The van der Waals surface area contributed by atoms with Crippen LogP contribution in [-0.2, 0) is 6.42 Å². The Morgan fingerprint density at radius 1 is 1.39 bits per heavy atom. The molecule has 1 atom stereocenters. The van der Waals surface area contributed by atoms with Crippen LogP contribution in [0.4, 0.5) is 0 Å². The highest BCUT2D eigenvalue weighted by molar-refractivity contribution is 5.43. The lowest BCUT2D eigenvalue weighted by Gasteiger charge is -2.33. The standard InChI is InChI=1S/C15H24N2O/c1-11-7-12(2)14(15(8-11)18-4)9-13-10-16-5-6-17(13)3/h7-8,13,16H,5-6,9-10H2,1-4H3. The van der Waals surface area contributed by atoms with Gasteiger partial charge in [0.25, 0.3) is 0 Å². The number of rotatable bonds is 3. The highest BCUT2D eigenvalue weighted by atomic mass is 16.5. The molecule has 18 heavy (non-hydrogen) atoms. The van der Waals surface area contributed by atoms with E-state index in [1.54, 1.807) is 7.11 Å². The van der Waals surface area contributed by atoms with E-state index in [1.165, 1.54) is 16.7 Å². The quantitative estimate of drug-likeness (QED) is 0.882. The van der Waals surface area contributed by atoms with Gasteiger partial charge in [0.1, 0.15) is 5.75 Å². The van der Waals surface area contributed by atoms with E-state index in [1.807, 2.05) is 0 Å². The summed E-state index contributed by atoms with van der Waals surface area (Å²) in [6.07, 6.45) is 1.05. The predicted molar refractivity (Wildman–Crippen MR) is 75.5 cm³/mol. The number of nitrogens with one attached hydrogen (secondary N) is 1. The van der Waals surface area contributed by atoms with Gasteiger partial charge >= 0.3 is 0 Å². The second-order valence-corrected chi connectivity index (χ2v) is 5.31. The topological polar surface area (TPSA) is 24.5 Å². The van der Waals surface area contributed by atoms with Crippen molar-refractivity contribution in [1.29, 1.82) is 0 Å². The fraction of sp³-hybridized carbons (Fsp3) is 0.600. The normalized spacial score (nSPS) is 21.0. The minimum Gasteiger partial charge on any atom is -0.496 e. The molecule has 1 aliphatic rings. The van der Waals surface area contributed by atoms with Crippen molar-refractivity contribution in [3.63, 3.8) is 0 Å². The smallest absolute Gasteiger partial charge is 0.122 e. The molecular formula is C15H24N2O. The summed E-state index contributed by atoms with van der Waals surface area (Å²) in [5.74, 6) is 1.03. The highest BCUT2D eigenvalue weighted by Gasteiger charge is 2.21. The van der Waals surface area contributed by atoms with E-state index in [-0.39, 0.29) is 0 Å². The average Bonchev–Trinajstić information content (AvgIpc) is 2.34. The molecule has 1 aliphatic heterocycles. The second kappa shape index (κ2) is 5.72. The number of piperazine rings is 1. The summed E-state index contributed by atoms with van der Waals surface area (Å²) in [5.41, 5.74) is 3.96. The third kappa shape index (κ3) is 2.85. The van der Waals surface area contributed by atoms with E-state index in [4.69, 9.17) is 4.74 Å². The van der Waals surface area contributed by atoms with Crippen molar-refractivity contribution in [2.45, 2.75) is 26.3 Å². The lowest BCUT2D eigenvalue weighted by atomic mass is 9.96. The molecule has 3 nitrogen and oxygen atoms in total. The number of benzene rings is 1. The van der Waals surface area contributed by atoms with Crippen LogP contribution in [-0.4, -0.2) is 44.7 Å². The van der Waals surface area contributed by atoms with Gasteiger partial charge in [0.15, 0.2) is 0 Å². The molecule has 0 bridgehead atoms. The van der Waals surface area contributed by atoms with Crippen molar-refractivity contribution in [3.05, 3.63) is 28.8 Å². The average molecular weight is 248 g/mol. The van der Waals surface area contributed by atoms with Crippen molar-refractivity contribution in [2.24, 2.45) is 0 Å². The van der Waals surface area contributed by atoms with Crippen LogP contribution in [0, 0.1) is 13.8 Å². The lowest BCUT2D eigenvalue weighted by molar-refractivity contribution is 0.198. The minimum absolute atomic E-state index is 0.564. The molecule has 0 aliphatic carbocycles. The van der Waals surface area contributed by atoms with E-state index in [0.717, 1.165) is 31.8 Å². The lowest BCUT2D eigenvalue weighted by Crippen LogP contribution is -2.50. The Kier molecular flexibility index (Phi) is 4.25. The van der Waals surface area contributed by atoms with E-state index < -0.39 is 0 Å². The molecule has 2 rings (SSSR count). The van der Waals surface area contributed by atoms with Gasteiger partial charge in [-0.2, -0.15) is 0 Å². The molecule has 1 unspecified atom stereocenters. The number of likely N-dealkylation sites (N-methyl/N-ethyl adjacent to an activating group) is 1. The summed E-state index contributed by atoms with van der Waals surface area (Å²) in [4.78, 5) is 2.44. The van der Waals surface area contributed by atoms with Gasteiger partial charge in [-0.1, -0.05) is 6.07 Å². The fourth-order valence-electron chi connectivity index (χ4n) is 2.73. The second-order valence-electron chi connectivity index (χ2n) is 5.31. The number of ether oxygens (including phenoxy) is 1. The molecule has 1 fully saturated rings. The van der Waals surface area contributed by atoms with Crippen molar-refractivity contribution >= 4 is 0 Å². The van der Waals surface area contributed by atoms with Gasteiger partial charge in [0, 0.05) is 25.7 Å². The minimum atomic E-state index is 0.564. The summed E-state index contributed by atoms with van der Waals surface area (Å²) in [5, 5.41) is 3.47. The van der Waals surface area contributed by atoms with Gasteiger partial charge in [-0.15, -0.1) is 0 Å². The third-order valence-electron chi connectivity index (χ3n) is 3.88. The predicted octanol–water partition coefficient (Wildman–Crippen LogP) is 1.76. The zero-order valence-corrected chi connectivity index (χ0v) is 11.9. The zero-order chi connectivity index (χ0) is 13.1. The fourth-order valence-corrected chi connectivity index (χ4v) is 2.73. The summed E-state index contributed by atoms with van der Waals surface area (Å²) < 4.78 is 5.54. The molecule has 1 aromatic carbocycles. The van der Waals surface area contributed by atoms with Gasteiger partial charge in [-0.05, 0) is 50.1 Å². The SMILES string of the molecule is COc1cc(C)cc(C)c1CC1CNCCN1C. The zero-order valence-electron chi connectivity index (χ0n) is 11.9. The number of aryl methyl sites for hydroxylation is 2. The van der Waals surface area contributed by atoms with Crippen LogP contribution >= 0.6 is 0 Å². The van der Waals surface area contributed by atoms with E-state index in [2.05, 4.69) is 43.2 Å². The van der Waals surface area contributed by atoms with E-state index >= 15 is 0 Å². The van der Waals surface area contributed by atoms with Crippen LogP contribution in [0.25, 0.3) is 0 Å². The summed E-state index contributed by atoms with van der Waals surface area (Å²) >= 11 is 0. The Morgan fingerprint density at radius 2 is 2.17 bits per heavy atom. The third-order valence-corrected chi connectivity index (χ3v) is 3.88. The molecule has 3 heteroatoms. The first kappa shape index (κ1) is 13.4. The number of nitrogens with zero attached hydrogens (tertiary/aromatic N) is 1. The molecule has 0 amide bonds. The highest BCUT2D eigenvalue weighted by Crippen LogP contribution is 2.26. The molecule has 1 N–H and O–H groups in total. The molecule has 0 spiro atoms. The molecular weight excluding hydrogens is 224 g/mol. The number of methoxy groups -OCH3 is 1. The molecule has 0 radical (unpaired) electrons. The maximum absolute atomic E-state index is 5.54. The first-order valence-corrected chi connectivity index (χ1v) is 6.67. The molecule has 1 saturated heterocycles. The van der Waals surface area contributed by atoms with Crippen LogP contribution in [0.5, 0.6) is 5.75 Å². The maximum atomic E-state index is 5.54. The first-order chi connectivity index (χ1) is 8.61. The first-order valence-electron chi connectivity index (χ1n) is 6.67. The molecule has 100 valence electrons. The molecule has 1 heterocycles. The summed E-state index contributed by atoms with van der Waals surface area (Å²) in [6.45, 7) is 7.58. The number of hydrogen-bond donors (Lipinski definition) is 1. The molecule has 1 aromatic rings. The largest absolute Gasteiger partial charge is 0.496 e. The number of hydrogen-bond acceptors (Lipinski definition) is 3.